The first-order valence-electron chi connectivity index (χ1n) is 19.8. The summed E-state index contributed by atoms with van der Waals surface area (Å²) in [5.74, 6) is 0. The lowest BCUT2D eigenvalue weighted by atomic mass is 9.82. The minimum atomic E-state index is -0.149. The molecular formula is C55H40N2. The van der Waals surface area contributed by atoms with Gasteiger partial charge >= 0.3 is 0 Å². The van der Waals surface area contributed by atoms with Crippen molar-refractivity contribution < 1.29 is 0 Å². The van der Waals surface area contributed by atoms with E-state index in [-0.39, 0.29) is 5.41 Å². The molecule has 0 atom stereocenters. The van der Waals surface area contributed by atoms with E-state index in [0.29, 0.717) is 0 Å². The quantitative estimate of drug-likeness (QED) is 0.165. The molecule has 2 nitrogen and oxygen atoms in total. The van der Waals surface area contributed by atoms with E-state index in [1.165, 1.54) is 82.8 Å². The van der Waals surface area contributed by atoms with Gasteiger partial charge in [-0.1, -0.05) is 153 Å². The SMILES string of the molecule is CC1(C)c2cc(N(c3ccc(-c4ccccc4)cc3)c3cccc(-c4ccc5c(c4)c4ccccc4n5-c4ccccc4)c3)ccc2-c2c1ccc1ccccc21. The van der Waals surface area contributed by atoms with Gasteiger partial charge in [-0.05, 0) is 122 Å². The fourth-order valence-corrected chi connectivity index (χ4v) is 9.35. The Hall–Kier alpha value is -7.16. The summed E-state index contributed by atoms with van der Waals surface area (Å²) in [7, 11) is 0. The van der Waals surface area contributed by atoms with Crippen LogP contribution in [0.2, 0.25) is 0 Å². The number of para-hydroxylation sites is 2. The molecule has 270 valence electrons. The molecule has 0 fully saturated rings. The molecule has 57 heavy (non-hydrogen) atoms. The number of benzene rings is 9. The topological polar surface area (TPSA) is 8.17 Å². The fourth-order valence-electron chi connectivity index (χ4n) is 9.35. The summed E-state index contributed by atoms with van der Waals surface area (Å²) in [6.45, 7) is 4.75. The lowest BCUT2D eigenvalue weighted by Gasteiger charge is -2.28. The molecule has 0 bridgehead atoms. The van der Waals surface area contributed by atoms with Crippen LogP contribution in [0.4, 0.5) is 17.1 Å². The lowest BCUT2D eigenvalue weighted by molar-refractivity contribution is 0.661. The highest BCUT2D eigenvalue weighted by molar-refractivity contribution is 6.10. The summed E-state index contributed by atoms with van der Waals surface area (Å²) in [6.07, 6.45) is 0. The smallest absolute Gasteiger partial charge is 0.0541 e. The van der Waals surface area contributed by atoms with Gasteiger partial charge in [-0.3, -0.25) is 0 Å². The van der Waals surface area contributed by atoms with Gasteiger partial charge in [0.05, 0.1) is 11.0 Å². The van der Waals surface area contributed by atoms with Crippen molar-refractivity contribution in [3.63, 3.8) is 0 Å². The highest BCUT2D eigenvalue weighted by atomic mass is 15.1. The van der Waals surface area contributed by atoms with Gasteiger partial charge in [0.25, 0.3) is 0 Å². The summed E-state index contributed by atoms with van der Waals surface area (Å²) in [5, 5.41) is 5.10. The summed E-state index contributed by atoms with van der Waals surface area (Å²) in [6, 6.07) is 75.6. The average Bonchev–Trinajstić information content (AvgIpc) is 3.72. The molecule has 2 heteroatoms. The van der Waals surface area contributed by atoms with Gasteiger partial charge < -0.3 is 9.47 Å². The van der Waals surface area contributed by atoms with Crippen LogP contribution in [0.1, 0.15) is 25.0 Å². The van der Waals surface area contributed by atoms with E-state index >= 15 is 0 Å². The second-order valence-corrected chi connectivity index (χ2v) is 15.8. The molecule has 11 rings (SSSR count). The Kier molecular flexibility index (Phi) is 7.55. The monoisotopic (exact) mass is 728 g/mol. The van der Waals surface area contributed by atoms with Gasteiger partial charge in [-0.25, -0.2) is 0 Å². The Morgan fingerprint density at radius 1 is 0.386 bits per heavy atom. The van der Waals surface area contributed by atoms with E-state index < -0.39 is 0 Å². The van der Waals surface area contributed by atoms with E-state index in [1.807, 2.05) is 0 Å². The van der Waals surface area contributed by atoms with E-state index in [9.17, 15) is 0 Å². The minimum absolute atomic E-state index is 0.149. The van der Waals surface area contributed by atoms with Crippen molar-refractivity contribution in [2.75, 3.05) is 4.90 Å². The molecule has 1 aromatic heterocycles. The van der Waals surface area contributed by atoms with Gasteiger partial charge in [0.15, 0.2) is 0 Å². The molecule has 0 unspecified atom stereocenters. The third-order valence-electron chi connectivity index (χ3n) is 12.2. The number of hydrogen-bond acceptors (Lipinski definition) is 1. The zero-order valence-electron chi connectivity index (χ0n) is 32.0. The van der Waals surface area contributed by atoms with E-state index in [4.69, 9.17) is 0 Å². The van der Waals surface area contributed by atoms with Crippen molar-refractivity contribution in [3.05, 3.63) is 217 Å². The maximum absolute atomic E-state index is 2.44. The van der Waals surface area contributed by atoms with Gasteiger partial charge in [-0.2, -0.15) is 0 Å². The van der Waals surface area contributed by atoms with Crippen LogP contribution in [-0.2, 0) is 5.41 Å². The van der Waals surface area contributed by atoms with Crippen LogP contribution in [0.5, 0.6) is 0 Å². The van der Waals surface area contributed by atoms with Gasteiger partial charge in [0, 0.05) is 38.9 Å². The van der Waals surface area contributed by atoms with E-state index in [2.05, 4.69) is 230 Å². The van der Waals surface area contributed by atoms with Crippen LogP contribution in [0.25, 0.3) is 71.6 Å². The van der Waals surface area contributed by atoms with Crippen LogP contribution >= 0.6 is 0 Å². The molecule has 1 aliphatic carbocycles. The molecule has 9 aromatic carbocycles. The second kappa shape index (κ2) is 13.0. The molecule has 0 spiro atoms. The molecule has 1 aliphatic rings. The average molecular weight is 729 g/mol. The molecule has 0 saturated heterocycles. The van der Waals surface area contributed by atoms with Crippen molar-refractivity contribution in [3.8, 4) is 39.1 Å². The third-order valence-corrected chi connectivity index (χ3v) is 12.2. The Labute approximate surface area is 333 Å². The Bertz CT molecular complexity index is 3130. The largest absolute Gasteiger partial charge is 0.310 e. The van der Waals surface area contributed by atoms with Crippen molar-refractivity contribution in [1.29, 1.82) is 0 Å². The summed E-state index contributed by atoms with van der Waals surface area (Å²) in [5.41, 5.74) is 17.0. The predicted molar refractivity (Wildman–Crippen MR) is 241 cm³/mol. The number of rotatable bonds is 6. The number of anilines is 3. The van der Waals surface area contributed by atoms with Crippen molar-refractivity contribution in [2.24, 2.45) is 0 Å². The molecule has 0 aliphatic heterocycles. The van der Waals surface area contributed by atoms with Crippen LogP contribution in [0.3, 0.4) is 0 Å². The van der Waals surface area contributed by atoms with Crippen molar-refractivity contribution in [1.82, 2.24) is 4.57 Å². The fraction of sp³-hybridized carbons (Fsp3) is 0.0545. The van der Waals surface area contributed by atoms with Crippen LogP contribution < -0.4 is 4.90 Å². The van der Waals surface area contributed by atoms with Gasteiger partial charge in [-0.15, -0.1) is 0 Å². The minimum Gasteiger partial charge on any atom is -0.310 e. The summed E-state index contributed by atoms with van der Waals surface area (Å²) >= 11 is 0. The van der Waals surface area contributed by atoms with E-state index in [1.54, 1.807) is 0 Å². The molecular weight excluding hydrogens is 689 g/mol. The molecule has 0 radical (unpaired) electrons. The number of aromatic nitrogens is 1. The zero-order valence-corrected chi connectivity index (χ0v) is 32.0. The Morgan fingerprint density at radius 2 is 1.00 bits per heavy atom. The number of nitrogens with zero attached hydrogens (tertiary/aromatic N) is 2. The van der Waals surface area contributed by atoms with Crippen molar-refractivity contribution in [2.45, 2.75) is 19.3 Å². The normalized spacial score (nSPS) is 12.9. The van der Waals surface area contributed by atoms with Gasteiger partial charge in [0.2, 0.25) is 0 Å². The van der Waals surface area contributed by atoms with Crippen LogP contribution in [-0.4, -0.2) is 4.57 Å². The maximum atomic E-state index is 2.44. The highest BCUT2D eigenvalue weighted by Gasteiger charge is 2.37. The standard InChI is InChI=1S/C55H40N2/c1-55(2)50-32-26-39-16-9-10-21-46(39)54(50)48-31-30-45(36-51(48)55)56(43-28-24-38(25-29-43)37-14-5-3-6-15-37)44-20-13-17-40(34-44)41-27-33-53-49(35-41)47-22-11-12-23-52(47)57(53)42-18-7-4-8-19-42/h3-36H,1-2H3. The summed E-state index contributed by atoms with van der Waals surface area (Å²) in [4.78, 5) is 2.43. The van der Waals surface area contributed by atoms with E-state index in [0.717, 1.165) is 17.1 Å². The molecule has 1 heterocycles. The molecule has 10 aromatic rings. The van der Waals surface area contributed by atoms with Crippen molar-refractivity contribution >= 4 is 49.6 Å². The molecule has 0 N–H and O–H groups in total. The predicted octanol–water partition coefficient (Wildman–Crippen LogP) is 15.0. The molecule has 0 saturated carbocycles. The first-order chi connectivity index (χ1) is 28.0. The number of hydrogen-bond donors (Lipinski definition) is 0. The lowest BCUT2D eigenvalue weighted by Crippen LogP contribution is -2.16. The maximum Gasteiger partial charge on any atom is 0.0541 e. The van der Waals surface area contributed by atoms with Gasteiger partial charge in [0.1, 0.15) is 0 Å². The highest BCUT2D eigenvalue weighted by Crippen LogP contribution is 2.53. The molecule has 0 amide bonds. The second-order valence-electron chi connectivity index (χ2n) is 15.8. The third kappa shape index (κ3) is 5.33. The Balaban J connectivity index is 1.06. The number of fused-ring (bicyclic) bond motifs is 8. The summed E-state index contributed by atoms with van der Waals surface area (Å²) < 4.78 is 2.38. The van der Waals surface area contributed by atoms with Crippen LogP contribution in [0.15, 0.2) is 206 Å². The first-order valence-corrected chi connectivity index (χ1v) is 19.8. The van der Waals surface area contributed by atoms with Crippen LogP contribution in [0, 0.1) is 0 Å². The first kappa shape index (κ1) is 33.2. The Morgan fingerprint density at radius 3 is 1.82 bits per heavy atom. The zero-order chi connectivity index (χ0) is 38.1.